The SMILES string of the molecule is Cc1cc(C)c(C(N=C=O)C2CCCC2)c(C)c1. The third-order valence-electron chi connectivity index (χ3n) is 4.07. The lowest BCUT2D eigenvalue weighted by molar-refractivity contribution is 0.439. The van der Waals surface area contributed by atoms with E-state index in [1.165, 1.54) is 47.9 Å². The Morgan fingerprint density at radius 1 is 1.17 bits per heavy atom. The van der Waals surface area contributed by atoms with Crippen LogP contribution in [0.15, 0.2) is 17.1 Å². The molecule has 0 amide bonds. The van der Waals surface area contributed by atoms with Crippen LogP contribution in [0, 0.1) is 26.7 Å². The number of aliphatic imine (C=N–C) groups is 1. The van der Waals surface area contributed by atoms with Crippen molar-refractivity contribution in [2.45, 2.75) is 52.5 Å². The molecule has 2 heteroatoms. The molecule has 0 spiro atoms. The minimum absolute atomic E-state index is 0.0191. The quantitative estimate of drug-likeness (QED) is 0.578. The highest BCUT2D eigenvalue weighted by molar-refractivity contribution is 5.43. The maximum absolute atomic E-state index is 10.7. The maximum Gasteiger partial charge on any atom is 0.235 e. The summed E-state index contributed by atoms with van der Waals surface area (Å²) in [4.78, 5) is 14.9. The van der Waals surface area contributed by atoms with Gasteiger partial charge in [-0.3, -0.25) is 0 Å². The number of benzene rings is 1. The Morgan fingerprint density at radius 3 is 2.22 bits per heavy atom. The minimum Gasteiger partial charge on any atom is -0.211 e. The standard InChI is InChI=1S/C16H21NO/c1-11-8-12(2)15(13(3)9-11)16(17-10-18)14-6-4-5-7-14/h8-9,14,16H,4-7H2,1-3H3. The van der Waals surface area contributed by atoms with E-state index in [1.807, 2.05) is 0 Å². The van der Waals surface area contributed by atoms with Crippen LogP contribution in [0.25, 0.3) is 0 Å². The largest absolute Gasteiger partial charge is 0.235 e. The van der Waals surface area contributed by atoms with Gasteiger partial charge in [-0.2, -0.15) is 4.99 Å². The van der Waals surface area contributed by atoms with Crippen molar-refractivity contribution in [1.29, 1.82) is 0 Å². The van der Waals surface area contributed by atoms with Crippen LogP contribution in [-0.2, 0) is 4.79 Å². The fraction of sp³-hybridized carbons (Fsp3) is 0.562. The summed E-state index contributed by atoms with van der Waals surface area (Å²) in [5, 5.41) is 0. The first-order valence-electron chi connectivity index (χ1n) is 6.78. The molecule has 1 aliphatic carbocycles. The van der Waals surface area contributed by atoms with Crippen LogP contribution < -0.4 is 0 Å². The summed E-state index contributed by atoms with van der Waals surface area (Å²) in [6, 6.07) is 4.39. The summed E-state index contributed by atoms with van der Waals surface area (Å²) in [6.07, 6.45) is 6.68. The summed E-state index contributed by atoms with van der Waals surface area (Å²) in [6.45, 7) is 6.35. The molecule has 0 heterocycles. The smallest absolute Gasteiger partial charge is 0.211 e. The zero-order chi connectivity index (χ0) is 13.1. The highest BCUT2D eigenvalue weighted by atomic mass is 16.1. The van der Waals surface area contributed by atoms with Crippen molar-refractivity contribution in [3.63, 3.8) is 0 Å². The van der Waals surface area contributed by atoms with Crippen LogP contribution >= 0.6 is 0 Å². The summed E-state index contributed by atoms with van der Waals surface area (Å²) in [5.74, 6) is 0.520. The van der Waals surface area contributed by atoms with Crippen LogP contribution in [0.1, 0.15) is 54.0 Å². The molecule has 0 aromatic heterocycles. The first-order valence-corrected chi connectivity index (χ1v) is 6.78. The highest BCUT2D eigenvalue weighted by Crippen LogP contribution is 2.40. The summed E-state index contributed by atoms with van der Waals surface area (Å²) < 4.78 is 0. The predicted molar refractivity (Wildman–Crippen MR) is 73.5 cm³/mol. The summed E-state index contributed by atoms with van der Waals surface area (Å²) in [5.41, 5.74) is 5.02. The van der Waals surface area contributed by atoms with Crippen molar-refractivity contribution >= 4 is 6.08 Å². The van der Waals surface area contributed by atoms with E-state index >= 15 is 0 Å². The highest BCUT2D eigenvalue weighted by Gasteiger charge is 2.28. The molecule has 1 fully saturated rings. The number of hydrogen-bond donors (Lipinski definition) is 0. The van der Waals surface area contributed by atoms with Gasteiger partial charge >= 0.3 is 0 Å². The Morgan fingerprint density at radius 2 is 1.72 bits per heavy atom. The van der Waals surface area contributed by atoms with Gasteiger partial charge in [0.25, 0.3) is 0 Å². The van der Waals surface area contributed by atoms with Crippen LogP contribution in [-0.4, -0.2) is 6.08 Å². The van der Waals surface area contributed by atoms with E-state index in [0.717, 1.165) is 0 Å². The van der Waals surface area contributed by atoms with Crippen LogP contribution in [0.2, 0.25) is 0 Å². The van der Waals surface area contributed by atoms with Gasteiger partial charge in [-0.25, -0.2) is 4.79 Å². The van der Waals surface area contributed by atoms with Crippen molar-refractivity contribution in [2.24, 2.45) is 10.9 Å². The van der Waals surface area contributed by atoms with Crippen molar-refractivity contribution in [2.75, 3.05) is 0 Å². The van der Waals surface area contributed by atoms with Gasteiger partial charge in [-0.15, -0.1) is 0 Å². The molecule has 1 aromatic carbocycles. The fourth-order valence-electron chi connectivity index (χ4n) is 3.39. The first kappa shape index (κ1) is 13.0. The lowest BCUT2D eigenvalue weighted by Crippen LogP contribution is -2.11. The van der Waals surface area contributed by atoms with Crippen molar-refractivity contribution in [3.05, 3.63) is 34.4 Å². The number of nitrogens with zero attached hydrogens (tertiary/aromatic N) is 1. The monoisotopic (exact) mass is 243 g/mol. The lowest BCUT2D eigenvalue weighted by atomic mass is 9.86. The molecule has 1 saturated carbocycles. The fourth-order valence-corrected chi connectivity index (χ4v) is 3.39. The number of carbonyl (C=O) groups excluding carboxylic acids is 1. The second-order valence-corrected chi connectivity index (χ2v) is 5.52. The van der Waals surface area contributed by atoms with Gasteiger partial charge in [0.15, 0.2) is 0 Å². The first-order chi connectivity index (χ1) is 8.63. The summed E-state index contributed by atoms with van der Waals surface area (Å²) >= 11 is 0. The number of aryl methyl sites for hydroxylation is 3. The third-order valence-corrected chi connectivity index (χ3v) is 4.07. The van der Waals surface area contributed by atoms with Gasteiger partial charge in [0, 0.05) is 0 Å². The molecular formula is C16H21NO. The number of hydrogen-bond acceptors (Lipinski definition) is 2. The van der Waals surface area contributed by atoms with Crippen molar-refractivity contribution < 1.29 is 4.79 Å². The number of rotatable bonds is 3. The maximum atomic E-state index is 10.7. The van der Waals surface area contributed by atoms with Gasteiger partial charge in [0.1, 0.15) is 0 Å². The van der Waals surface area contributed by atoms with Gasteiger partial charge in [-0.1, -0.05) is 30.5 Å². The normalized spacial score (nSPS) is 17.5. The molecule has 1 unspecified atom stereocenters. The Hall–Kier alpha value is -1.40. The Labute approximate surface area is 109 Å². The van der Waals surface area contributed by atoms with E-state index in [2.05, 4.69) is 37.9 Å². The van der Waals surface area contributed by atoms with E-state index in [-0.39, 0.29) is 6.04 Å². The zero-order valence-corrected chi connectivity index (χ0v) is 11.5. The molecule has 1 aliphatic rings. The summed E-state index contributed by atoms with van der Waals surface area (Å²) in [7, 11) is 0. The Bertz CT molecular complexity index is 457. The molecule has 0 aliphatic heterocycles. The lowest BCUT2D eigenvalue weighted by Gasteiger charge is -2.22. The van der Waals surface area contributed by atoms with E-state index in [1.54, 1.807) is 6.08 Å². The average molecular weight is 243 g/mol. The Kier molecular flexibility index (Phi) is 3.98. The molecule has 2 nitrogen and oxygen atoms in total. The average Bonchev–Trinajstić information content (AvgIpc) is 2.79. The molecule has 1 atom stereocenters. The second-order valence-electron chi connectivity index (χ2n) is 5.52. The molecular weight excluding hydrogens is 222 g/mol. The molecule has 1 aromatic rings. The molecule has 0 radical (unpaired) electrons. The van der Waals surface area contributed by atoms with E-state index < -0.39 is 0 Å². The van der Waals surface area contributed by atoms with Crippen LogP contribution in [0.3, 0.4) is 0 Å². The van der Waals surface area contributed by atoms with Crippen LogP contribution in [0.5, 0.6) is 0 Å². The van der Waals surface area contributed by atoms with Gasteiger partial charge in [-0.05, 0) is 56.2 Å². The third kappa shape index (κ3) is 2.54. The molecule has 2 rings (SSSR count). The zero-order valence-electron chi connectivity index (χ0n) is 11.5. The number of isocyanates is 1. The molecule has 96 valence electrons. The van der Waals surface area contributed by atoms with Gasteiger partial charge < -0.3 is 0 Å². The molecule has 0 bridgehead atoms. The van der Waals surface area contributed by atoms with E-state index in [0.29, 0.717) is 5.92 Å². The van der Waals surface area contributed by atoms with E-state index in [9.17, 15) is 4.79 Å². The topological polar surface area (TPSA) is 29.4 Å². The Balaban J connectivity index is 2.45. The molecule has 0 N–H and O–H groups in total. The second kappa shape index (κ2) is 5.49. The van der Waals surface area contributed by atoms with Crippen LogP contribution in [0.4, 0.5) is 0 Å². The van der Waals surface area contributed by atoms with Crippen molar-refractivity contribution in [3.8, 4) is 0 Å². The predicted octanol–water partition coefficient (Wildman–Crippen LogP) is 4.18. The molecule has 0 saturated heterocycles. The van der Waals surface area contributed by atoms with Gasteiger partial charge in [0.2, 0.25) is 6.08 Å². The van der Waals surface area contributed by atoms with Crippen molar-refractivity contribution in [1.82, 2.24) is 0 Å². The van der Waals surface area contributed by atoms with Gasteiger partial charge in [0.05, 0.1) is 6.04 Å². The van der Waals surface area contributed by atoms with E-state index in [4.69, 9.17) is 0 Å². The minimum atomic E-state index is 0.0191. The molecule has 18 heavy (non-hydrogen) atoms.